The molecule has 0 unspecified atom stereocenters. The number of ether oxygens (including phenoxy) is 2. The van der Waals surface area contributed by atoms with Crippen LogP contribution in [0.2, 0.25) is 0 Å². The number of rotatable bonds is 2. The number of anilines is 2. The van der Waals surface area contributed by atoms with Crippen LogP contribution in [0.5, 0.6) is 0 Å². The number of para-hydroxylation sites is 2. The van der Waals surface area contributed by atoms with Crippen LogP contribution in [0.4, 0.5) is 11.4 Å². The Morgan fingerprint density at radius 1 is 1.19 bits per heavy atom. The average molecular weight is 220 g/mol. The van der Waals surface area contributed by atoms with E-state index < -0.39 is 5.79 Å². The standard InChI is InChI=1S/C12H16N2O2/c1-12(15-6-7-16-12)8-11-13-9-4-2-3-5-10(9)14-11/h2-5,11,13-14H,6-8H2,1H3. The Hall–Kier alpha value is -1.26. The van der Waals surface area contributed by atoms with Gasteiger partial charge in [0.15, 0.2) is 5.79 Å². The van der Waals surface area contributed by atoms with Crippen LogP contribution >= 0.6 is 0 Å². The van der Waals surface area contributed by atoms with Gasteiger partial charge in [0.25, 0.3) is 0 Å². The first-order chi connectivity index (χ1) is 7.75. The number of nitrogens with one attached hydrogen (secondary N) is 2. The molecule has 1 aromatic rings. The van der Waals surface area contributed by atoms with Gasteiger partial charge in [0.2, 0.25) is 0 Å². The summed E-state index contributed by atoms with van der Waals surface area (Å²) in [5.41, 5.74) is 2.29. The van der Waals surface area contributed by atoms with E-state index in [2.05, 4.69) is 22.8 Å². The second-order valence-corrected chi connectivity index (χ2v) is 4.42. The van der Waals surface area contributed by atoms with Gasteiger partial charge in [-0.15, -0.1) is 0 Å². The first-order valence-corrected chi connectivity index (χ1v) is 5.65. The molecule has 1 aromatic carbocycles. The van der Waals surface area contributed by atoms with Gasteiger partial charge >= 0.3 is 0 Å². The van der Waals surface area contributed by atoms with Crippen LogP contribution in [-0.4, -0.2) is 25.2 Å². The molecular formula is C12H16N2O2. The summed E-state index contributed by atoms with van der Waals surface area (Å²) in [6.07, 6.45) is 0.974. The van der Waals surface area contributed by atoms with E-state index in [1.165, 1.54) is 0 Å². The summed E-state index contributed by atoms with van der Waals surface area (Å²) in [7, 11) is 0. The van der Waals surface area contributed by atoms with Crippen molar-refractivity contribution in [3.63, 3.8) is 0 Å². The molecule has 4 nitrogen and oxygen atoms in total. The van der Waals surface area contributed by atoms with Crippen molar-refractivity contribution < 1.29 is 9.47 Å². The second-order valence-electron chi connectivity index (χ2n) is 4.42. The fourth-order valence-corrected chi connectivity index (χ4v) is 2.29. The number of hydrogen-bond acceptors (Lipinski definition) is 4. The van der Waals surface area contributed by atoms with Crippen LogP contribution in [0.3, 0.4) is 0 Å². The lowest BCUT2D eigenvalue weighted by Gasteiger charge is -2.26. The molecular weight excluding hydrogens is 204 g/mol. The molecule has 0 spiro atoms. The lowest BCUT2D eigenvalue weighted by molar-refractivity contribution is -0.147. The van der Waals surface area contributed by atoms with Crippen LogP contribution in [0.25, 0.3) is 0 Å². The summed E-state index contributed by atoms with van der Waals surface area (Å²) in [5.74, 6) is -0.452. The van der Waals surface area contributed by atoms with Crippen molar-refractivity contribution >= 4 is 11.4 Å². The summed E-state index contributed by atoms with van der Waals surface area (Å²) in [5, 5.41) is 6.83. The van der Waals surface area contributed by atoms with Crippen molar-refractivity contribution in [2.24, 2.45) is 0 Å². The van der Waals surface area contributed by atoms with Gasteiger partial charge in [-0.05, 0) is 19.1 Å². The summed E-state index contributed by atoms with van der Waals surface area (Å²) in [6, 6.07) is 8.20. The van der Waals surface area contributed by atoms with E-state index in [1.54, 1.807) is 0 Å². The number of fused-ring (bicyclic) bond motifs is 1. The van der Waals surface area contributed by atoms with Crippen LogP contribution in [0.1, 0.15) is 13.3 Å². The molecule has 2 aliphatic heterocycles. The molecule has 0 bridgehead atoms. The Labute approximate surface area is 94.9 Å². The fraction of sp³-hybridized carbons (Fsp3) is 0.500. The highest BCUT2D eigenvalue weighted by atomic mass is 16.7. The van der Waals surface area contributed by atoms with Gasteiger partial charge in [0, 0.05) is 6.42 Å². The summed E-state index contributed by atoms with van der Waals surface area (Å²) < 4.78 is 11.2. The number of benzene rings is 1. The molecule has 2 N–H and O–H groups in total. The van der Waals surface area contributed by atoms with Crippen molar-refractivity contribution in [1.29, 1.82) is 0 Å². The van der Waals surface area contributed by atoms with Gasteiger partial charge in [0.05, 0.1) is 24.6 Å². The molecule has 4 heteroatoms. The summed E-state index contributed by atoms with van der Waals surface area (Å²) in [6.45, 7) is 3.37. The third kappa shape index (κ3) is 1.74. The topological polar surface area (TPSA) is 42.5 Å². The highest BCUT2D eigenvalue weighted by Gasteiger charge is 2.35. The lowest BCUT2D eigenvalue weighted by atomic mass is 10.2. The summed E-state index contributed by atoms with van der Waals surface area (Å²) in [4.78, 5) is 0. The van der Waals surface area contributed by atoms with Crippen LogP contribution < -0.4 is 10.6 Å². The maximum absolute atomic E-state index is 5.60. The first-order valence-electron chi connectivity index (χ1n) is 5.65. The zero-order valence-electron chi connectivity index (χ0n) is 9.32. The van der Waals surface area contributed by atoms with Crippen molar-refractivity contribution in [3.05, 3.63) is 24.3 Å². The van der Waals surface area contributed by atoms with Crippen molar-refractivity contribution in [1.82, 2.24) is 0 Å². The smallest absolute Gasteiger partial charge is 0.169 e. The molecule has 2 heterocycles. The first kappa shape index (κ1) is 9.93. The molecule has 86 valence electrons. The molecule has 2 aliphatic rings. The third-order valence-electron chi connectivity index (χ3n) is 3.06. The molecule has 1 saturated heterocycles. The predicted octanol–water partition coefficient (Wildman–Crippen LogP) is 2.00. The molecule has 0 aliphatic carbocycles. The SMILES string of the molecule is CC1(CC2Nc3ccccc3N2)OCCO1. The third-order valence-corrected chi connectivity index (χ3v) is 3.06. The zero-order valence-corrected chi connectivity index (χ0v) is 9.32. The van der Waals surface area contributed by atoms with Crippen LogP contribution in [0, 0.1) is 0 Å². The van der Waals surface area contributed by atoms with Crippen molar-refractivity contribution in [2.45, 2.75) is 25.3 Å². The Bertz CT molecular complexity index is 363. The van der Waals surface area contributed by atoms with E-state index >= 15 is 0 Å². The zero-order chi connectivity index (χ0) is 11.0. The Morgan fingerprint density at radius 3 is 2.31 bits per heavy atom. The minimum Gasteiger partial charge on any atom is -0.364 e. The maximum Gasteiger partial charge on any atom is 0.169 e. The maximum atomic E-state index is 5.60. The van der Waals surface area contributed by atoms with Gasteiger partial charge in [-0.3, -0.25) is 0 Å². The van der Waals surface area contributed by atoms with E-state index in [1.807, 2.05) is 19.1 Å². The molecule has 3 rings (SSSR count). The highest BCUT2D eigenvalue weighted by Crippen LogP contribution is 2.33. The molecule has 1 fully saturated rings. The Kier molecular flexibility index (Phi) is 2.26. The van der Waals surface area contributed by atoms with Gasteiger partial charge in [-0.2, -0.15) is 0 Å². The van der Waals surface area contributed by atoms with Gasteiger partial charge in [-0.25, -0.2) is 0 Å². The summed E-state index contributed by atoms with van der Waals surface area (Å²) >= 11 is 0. The normalized spacial score (nSPS) is 22.6. The van der Waals surface area contributed by atoms with Crippen molar-refractivity contribution in [2.75, 3.05) is 23.8 Å². The predicted molar refractivity (Wildman–Crippen MR) is 62.4 cm³/mol. The average Bonchev–Trinajstić information content (AvgIpc) is 2.84. The molecule has 0 saturated carbocycles. The van der Waals surface area contributed by atoms with Gasteiger partial charge in [-0.1, -0.05) is 12.1 Å². The molecule has 0 radical (unpaired) electrons. The second kappa shape index (κ2) is 3.64. The quantitative estimate of drug-likeness (QED) is 0.800. The van der Waals surface area contributed by atoms with E-state index in [-0.39, 0.29) is 6.17 Å². The monoisotopic (exact) mass is 220 g/mol. The van der Waals surface area contributed by atoms with E-state index in [4.69, 9.17) is 9.47 Å². The van der Waals surface area contributed by atoms with E-state index in [0.29, 0.717) is 13.2 Å². The van der Waals surface area contributed by atoms with Gasteiger partial charge in [0.1, 0.15) is 6.17 Å². The van der Waals surface area contributed by atoms with Gasteiger partial charge < -0.3 is 20.1 Å². The molecule has 0 atom stereocenters. The molecule has 0 aromatic heterocycles. The largest absolute Gasteiger partial charge is 0.364 e. The van der Waals surface area contributed by atoms with Crippen LogP contribution in [-0.2, 0) is 9.47 Å². The lowest BCUT2D eigenvalue weighted by Crippen LogP contribution is -2.36. The fourth-order valence-electron chi connectivity index (χ4n) is 2.29. The number of hydrogen-bond donors (Lipinski definition) is 2. The van der Waals surface area contributed by atoms with E-state index in [0.717, 1.165) is 17.8 Å². The van der Waals surface area contributed by atoms with Crippen LogP contribution in [0.15, 0.2) is 24.3 Å². The molecule has 16 heavy (non-hydrogen) atoms. The Morgan fingerprint density at radius 2 is 1.75 bits per heavy atom. The Balaban J connectivity index is 1.68. The van der Waals surface area contributed by atoms with E-state index in [9.17, 15) is 0 Å². The van der Waals surface area contributed by atoms with Crippen molar-refractivity contribution in [3.8, 4) is 0 Å². The minimum absolute atomic E-state index is 0.181. The highest BCUT2D eigenvalue weighted by molar-refractivity contribution is 5.74. The molecule has 0 amide bonds. The minimum atomic E-state index is -0.452.